The maximum Gasteiger partial charge on any atom is 0.160 e. The topological polar surface area (TPSA) is 42.7 Å². The number of nitrogens with zero attached hydrogens (tertiary/aromatic N) is 3. The lowest BCUT2D eigenvalue weighted by Gasteiger charge is -2.16. The van der Waals surface area contributed by atoms with Gasteiger partial charge in [0, 0.05) is 24.5 Å². The number of rotatable bonds is 2. The smallest absolute Gasteiger partial charge is 0.160 e. The van der Waals surface area contributed by atoms with Crippen molar-refractivity contribution in [1.82, 2.24) is 14.5 Å². The molecule has 1 aliphatic heterocycles. The fourth-order valence-electron chi connectivity index (χ4n) is 3.22. The third-order valence-electron chi connectivity index (χ3n) is 4.14. The van der Waals surface area contributed by atoms with Crippen molar-refractivity contribution in [1.29, 1.82) is 0 Å². The van der Waals surface area contributed by atoms with Crippen molar-refractivity contribution in [3.05, 3.63) is 54.0 Å². The van der Waals surface area contributed by atoms with Crippen LogP contribution in [0.2, 0.25) is 0 Å². The molecule has 1 N–H and O–H groups in total. The summed E-state index contributed by atoms with van der Waals surface area (Å²) in [6.45, 7) is 5.27. The van der Waals surface area contributed by atoms with Crippen LogP contribution in [0.25, 0.3) is 11.2 Å². The van der Waals surface area contributed by atoms with Gasteiger partial charge in [-0.05, 0) is 37.6 Å². The predicted molar refractivity (Wildman–Crippen MR) is 84.7 cm³/mol. The zero-order chi connectivity index (χ0) is 14.4. The van der Waals surface area contributed by atoms with E-state index in [1.165, 1.54) is 11.3 Å². The molecule has 0 amide bonds. The zero-order valence-corrected chi connectivity index (χ0v) is 12.2. The molecule has 1 atom stereocenters. The lowest BCUT2D eigenvalue weighted by molar-refractivity contribution is 0.568. The molecule has 0 radical (unpaired) electrons. The van der Waals surface area contributed by atoms with E-state index in [1.54, 1.807) is 0 Å². The lowest BCUT2D eigenvalue weighted by atomic mass is 10.0. The maximum absolute atomic E-state index is 4.88. The number of anilines is 1. The van der Waals surface area contributed by atoms with Gasteiger partial charge in [0.1, 0.15) is 11.3 Å². The minimum absolute atomic E-state index is 0.290. The third-order valence-corrected chi connectivity index (χ3v) is 4.14. The van der Waals surface area contributed by atoms with Crippen LogP contribution in [0.5, 0.6) is 0 Å². The molecule has 3 heterocycles. The molecule has 0 fully saturated rings. The van der Waals surface area contributed by atoms with Crippen molar-refractivity contribution in [2.24, 2.45) is 0 Å². The number of hydrogen-bond donors (Lipinski definition) is 1. The van der Waals surface area contributed by atoms with Crippen LogP contribution in [0.3, 0.4) is 0 Å². The van der Waals surface area contributed by atoms with E-state index in [0.717, 1.165) is 23.5 Å². The summed E-state index contributed by atoms with van der Waals surface area (Å²) >= 11 is 0. The van der Waals surface area contributed by atoms with Crippen LogP contribution in [0.4, 0.5) is 5.69 Å². The largest absolute Gasteiger partial charge is 0.384 e. The molecule has 0 bridgehead atoms. The van der Waals surface area contributed by atoms with Crippen LogP contribution in [-0.4, -0.2) is 21.1 Å². The summed E-state index contributed by atoms with van der Waals surface area (Å²) in [5, 5.41) is 3.49. The van der Waals surface area contributed by atoms with Gasteiger partial charge in [0.2, 0.25) is 0 Å². The van der Waals surface area contributed by atoms with E-state index in [4.69, 9.17) is 4.98 Å². The van der Waals surface area contributed by atoms with Crippen molar-refractivity contribution >= 4 is 16.9 Å². The Bertz CT molecular complexity index is 803. The Hall–Kier alpha value is -2.36. The van der Waals surface area contributed by atoms with Crippen LogP contribution < -0.4 is 5.32 Å². The van der Waals surface area contributed by atoms with Gasteiger partial charge < -0.3 is 9.88 Å². The van der Waals surface area contributed by atoms with Crippen molar-refractivity contribution < 1.29 is 0 Å². The fourth-order valence-corrected chi connectivity index (χ4v) is 3.22. The Morgan fingerprint density at radius 3 is 2.90 bits per heavy atom. The molecule has 0 spiro atoms. The highest BCUT2D eigenvalue weighted by Gasteiger charge is 2.29. The summed E-state index contributed by atoms with van der Waals surface area (Å²) in [6.07, 6.45) is 1.84. The second-order valence-corrected chi connectivity index (χ2v) is 5.80. The molecule has 4 nitrogen and oxygen atoms in total. The quantitative estimate of drug-likeness (QED) is 0.779. The molecule has 0 saturated carbocycles. The maximum atomic E-state index is 4.88. The van der Waals surface area contributed by atoms with Crippen LogP contribution in [0.15, 0.2) is 42.6 Å². The molecule has 1 unspecified atom stereocenters. The molecule has 3 aromatic rings. The summed E-state index contributed by atoms with van der Waals surface area (Å²) in [4.78, 5) is 9.41. The van der Waals surface area contributed by atoms with Crippen LogP contribution >= 0.6 is 0 Å². The number of nitrogens with one attached hydrogen (secondary N) is 1. The second kappa shape index (κ2) is 4.58. The molecule has 4 rings (SSSR count). The molecule has 0 aliphatic carbocycles. The van der Waals surface area contributed by atoms with Crippen molar-refractivity contribution in [2.75, 3.05) is 11.9 Å². The SMILES string of the molecule is CC(C)n1c(C2CNc3ccccc32)nc2cccnc21. The standard InChI is InChI=1S/C17H18N4/c1-11(2)21-16(20-15-8-5-9-18-17(15)21)13-10-19-14-7-4-3-6-12(13)14/h3-9,11,13,19H,10H2,1-2H3. The highest BCUT2D eigenvalue weighted by Crippen LogP contribution is 2.37. The highest BCUT2D eigenvalue weighted by molar-refractivity contribution is 5.72. The van der Waals surface area contributed by atoms with Crippen LogP contribution in [0.1, 0.15) is 37.2 Å². The first-order chi connectivity index (χ1) is 10.3. The first kappa shape index (κ1) is 12.4. The first-order valence-corrected chi connectivity index (χ1v) is 7.41. The van der Waals surface area contributed by atoms with Crippen LogP contribution in [0, 0.1) is 0 Å². The minimum atomic E-state index is 0.290. The van der Waals surface area contributed by atoms with E-state index in [-0.39, 0.29) is 5.92 Å². The number of para-hydroxylation sites is 1. The summed E-state index contributed by atoms with van der Waals surface area (Å²) in [6, 6.07) is 12.8. The molecule has 106 valence electrons. The third kappa shape index (κ3) is 1.82. The Kier molecular flexibility index (Phi) is 2.70. The molecule has 2 aromatic heterocycles. The van der Waals surface area contributed by atoms with Gasteiger partial charge in [0.05, 0.1) is 5.92 Å². The van der Waals surface area contributed by atoms with Crippen LogP contribution in [-0.2, 0) is 0 Å². The van der Waals surface area contributed by atoms with E-state index in [2.05, 4.69) is 53.0 Å². The Morgan fingerprint density at radius 2 is 2.05 bits per heavy atom. The lowest BCUT2D eigenvalue weighted by Crippen LogP contribution is -2.14. The molecular weight excluding hydrogens is 260 g/mol. The number of pyridine rings is 1. The van der Waals surface area contributed by atoms with E-state index < -0.39 is 0 Å². The summed E-state index contributed by atoms with van der Waals surface area (Å²) in [5.74, 6) is 1.40. The number of aromatic nitrogens is 3. The number of fused-ring (bicyclic) bond motifs is 2. The average molecular weight is 278 g/mol. The Balaban J connectivity index is 1.93. The van der Waals surface area contributed by atoms with Gasteiger partial charge in [-0.1, -0.05) is 18.2 Å². The summed E-state index contributed by atoms with van der Waals surface area (Å²) in [7, 11) is 0. The summed E-state index contributed by atoms with van der Waals surface area (Å²) in [5.41, 5.74) is 4.50. The Labute approximate surface area is 123 Å². The summed E-state index contributed by atoms with van der Waals surface area (Å²) < 4.78 is 2.27. The van der Waals surface area contributed by atoms with Gasteiger partial charge in [-0.25, -0.2) is 9.97 Å². The molecule has 0 saturated heterocycles. The van der Waals surface area contributed by atoms with E-state index in [9.17, 15) is 0 Å². The van der Waals surface area contributed by atoms with Gasteiger partial charge >= 0.3 is 0 Å². The van der Waals surface area contributed by atoms with Gasteiger partial charge in [-0.3, -0.25) is 0 Å². The molecule has 1 aliphatic rings. The zero-order valence-electron chi connectivity index (χ0n) is 12.2. The number of benzene rings is 1. The fraction of sp³-hybridized carbons (Fsp3) is 0.294. The van der Waals surface area contributed by atoms with E-state index in [1.807, 2.05) is 18.3 Å². The molecule has 1 aromatic carbocycles. The monoisotopic (exact) mass is 278 g/mol. The van der Waals surface area contributed by atoms with Gasteiger partial charge in [0.25, 0.3) is 0 Å². The van der Waals surface area contributed by atoms with Crippen molar-refractivity contribution in [3.63, 3.8) is 0 Å². The van der Waals surface area contributed by atoms with E-state index >= 15 is 0 Å². The highest BCUT2D eigenvalue weighted by atomic mass is 15.2. The minimum Gasteiger partial charge on any atom is -0.384 e. The van der Waals surface area contributed by atoms with Gasteiger partial charge in [-0.2, -0.15) is 0 Å². The van der Waals surface area contributed by atoms with E-state index in [0.29, 0.717) is 6.04 Å². The van der Waals surface area contributed by atoms with Gasteiger partial charge in [-0.15, -0.1) is 0 Å². The van der Waals surface area contributed by atoms with Crippen molar-refractivity contribution in [2.45, 2.75) is 25.8 Å². The Morgan fingerprint density at radius 1 is 1.19 bits per heavy atom. The average Bonchev–Trinajstić information content (AvgIpc) is 3.08. The molecular formula is C17H18N4. The first-order valence-electron chi connectivity index (χ1n) is 7.41. The molecule has 21 heavy (non-hydrogen) atoms. The second-order valence-electron chi connectivity index (χ2n) is 5.80. The normalized spacial score (nSPS) is 17.2. The predicted octanol–water partition coefficient (Wildman–Crippen LogP) is 3.57. The van der Waals surface area contributed by atoms with Gasteiger partial charge in [0.15, 0.2) is 5.65 Å². The number of hydrogen-bond acceptors (Lipinski definition) is 3. The van der Waals surface area contributed by atoms with Crippen molar-refractivity contribution in [3.8, 4) is 0 Å². The number of imidazole rings is 1. The molecule has 4 heteroatoms.